The molecule has 0 spiro atoms. The van der Waals surface area contributed by atoms with Crippen LogP contribution in [-0.4, -0.2) is 36.0 Å². The zero-order valence-corrected chi connectivity index (χ0v) is 13.0. The van der Waals surface area contributed by atoms with Crippen molar-refractivity contribution in [1.29, 1.82) is 0 Å². The minimum atomic E-state index is 0.0993. The van der Waals surface area contributed by atoms with E-state index in [1.54, 1.807) is 0 Å². The summed E-state index contributed by atoms with van der Waals surface area (Å²) in [6, 6.07) is 0.578. The Morgan fingerprint density at radius 1 is 1.10 bits per heavy atom. The van der Waals surface area contributed by atoms with Crippen LogP contribution in [0.3, 0.4) is 0 Å². The average Bonchev–Trinajstić information content (AvgIpc) is 2.92. The summed E-state index contributed by atoms with van der Waals surface area (Å²) in [5.41, 5.74) is 0.0993. The molecule has 0 aromatic heterocycles. The summed E-state index contributed by atoms with van der Waals surface area (Å²) in [5.74, 6) is 1.24. The summed E-state index contributed by atoms with van der Waals surface area (Å²) in [6.07, 6.45) is 13.5. The topological polar surface area (TPSA) is 32.3 Å². The van der Waals surface area contributed by atoms with E-state index >= 15 is 0 Å². The third kappa shape index (κ3) is 2.74. The lowest BCUT2D eigenvalue weighted by atomic mass is 9.79. The first-order chi connectivity index (χ1) is 9.74. The van der Waals surface area contributed by atoms with Crippen molar-refractivity contribution < 1.29 is 4.79 Å². The van der Waals surface area contributed by atoms with Gasteiger partial charge in [-0.1, -0.05) is 32.1 Å². The summed E-state index contributed by atoms with van der Waals surface area (Å²) in [5, 5.41) is 3.50. The fourth-order valence-electron chi connectivity index (χ4n) is 4.85. The van der Waals surface area contributed by atoms with Crippen molar-refractivity contribution >= 4 is 5.91 Å². The number of fused-ring (bicyclic) bond motifs is 1. The molecule has 114 valence electrons. The highest BCUT2D eigenvalue weighted by Gasteiger charge is 2.41. The van der Waals surface area contributed by atoms with E-state index in [2.05, 4.69) is 10.2 Å². The third-order valence-corrected chi connectivity index (χ3v) is 6.16. The Morgan fingerprint density at radius 2 is 1.85 bits per heavy atom. The molecule has 1 N–H and O–H groups in total. The van der Waals surface area contributed by atoms with Crippen LogP contribution in [0, 0.1) is 5.92 Å². The molecule has 1 amide bonds. The Morgan fingerprint density at radius 3 is 2.60 bits per heavy atom. The molecule has 2 aliphatic carbocycles. The van der Waals surface area contributed by atoms with Crippen LogP contribution >= 0.6 is 0 Å². The molecule has 1 aliphatic heterocycles. The van der Waals surface area contributed by atoms with Gasteiger partial charge in [0, 0.05) is 24.5 Å². The quantitative estimate of drug-likeness (QED) is 0.860. The van der Waals surface area contributed by atoms with E-state index in [4.69, 9.17) is 0 Å². The molecule has 1 heterocycles. The van der Waals surface area contributed by atoms with Gasteiger partial charge in [-0.2, -0.15) is 0 Å². The highest BCUT2D eigenvalue weighted by atomic mass is 16.2. The maximum Gasteiger partial charge on any atom is 0.224 e. The third-order valence-electron chi connectivity index (χ3n) is 6.16. The molecule has 3 rings (SSSR count). The molecule has 2 saturated carbocycles. The zero-order chi connectivity index (χ0) is 14.0. The second-order valence-corrected chi connectivity index (χ2v) is 7.26. The van der Waals surface area contributed by atoms with E-state index in [9.17, 15) is 4.79 Å². The molecule has 2 atom stereocenters. The van der Waals surface area contributed by atoms with Crippen molar-refractivity contribution in [3.8, 4) is 0 Å². The Bertz CT molecular complexity index is 349. The highest BCUT2D eigenvalue weighted by Crippen LogP contribution is 2.38. The molecule has 1 saturated heterocycles. The van der Waals surface area contributed by atoms with Crippen LogP contribution < -0.4 is 5.32 Å². The minimum Gasteiger partial charge on any atom is -0.339 e. The summed E-state index contributed by atoms with van der Waals surface area (Å²) in [6.45, 7) is 1.02. The molecule has 0 radical (unpaired) electrons. The maximum atomic E-state index is 12.8. The summed E-state index contributed by atoms with van der Waals surface area (Å²) < 4.78 is 0. The van der Waals surface area contributed by atoms with Gasteiger partial charge >= 0.3 is 0 Å². The smallest absolute Gasteiger partial charge is 0.224 e. The lowest BCUT2D eigenvalue weighted by Gasteiger charge is -2.39. The van der Waals surface area contributed by atoms with Crippen LogP contribution in [0.2, 0.25) is 0 Å². The number of nitrogens with zero attached hydrogens (tertiary/aromatic N) is 1. The molecule has 0 aromatic rings. The first-order valence-electron chi connectivity index (χ1n) is 8.72. The number of carbonyl (C=O) groups excluding carboxylic acids is 1. The number of amides is 1. The van der Waals surface area contributed by atoms with Gasteiger partial charge in [-0.15, -0.1) is 0 Å². The first-order valence-corrected chi connectivity index (χ1v) is 8.72. The number of rotatable bonds is 3. The summed E-state index contributed by atoms with van der Waals surface area (Å²) in [4.78, 5) is 15.1. The van der Waals surface area contributed by atoms with Crippen LogP contribution in [0.1, 0.15) is 70.6 Å². The van der Waals surface area contributed by atoms with Gasteiger partial charge in [-0.3, -0.25) is 4.79 Å². The van der Waals surface area contributed by atoms with Crippen molar-refractivity contribution in [2.45, 2.75) is 82.2 Å². The van der Waals surface area contributed by atoms with Gasteiger partial charge in [0.15, 0.2) is 0 Å². The summed E-state index contributed by atoms with van der Waals surface area (Å²) >= 11 is 0. The predicted octanol–water partition coefficient (Wildman–Crippen LogP) is 3.09. The number of hydrogen-bond donors (Lipinski definition) is 1. The van der Waals surface area contributed by atoms with E-state index in [1.807, 2.05) is 7.05 Å². The number of nitrogens with one attached hydrogen (secondary N) is 1. The Hall–Kier alpha value is -0.570. The monoisotopic (exact) mass is 278 g/mol. The predicted molar refractivity (Wildman–Crippen MR) is 81.6 cm³/mol. The second-order valence-electron chi connectivity index (χ2n) is 7.26. The zero-order valence-electron chi connectivity index (χ0n) is 13.0. The van der Waals surface area contributed by atoms with E-state index in [0.29, 0.717) is 11.9 Å². The SMILES string of the molecule is CNC1(CC(=O)N2CCC3CCCCC32)CCCCC1. The van der Waals surface area contributed by atoms with Crippen LogP contribution in [0.25, 0.3) is 0 Å². The molecule has 0 bridgehead atoms. The summed E-state index contributed by atoms with van der Waals surface area (Å²) in [7, 11) is 2.05. The van der Waals surface area contributed by atoms with Crippen LogP contribution in [0.5, 0.6) is 0 Å². The molecule has 3 aliphatic rings. The first kappa shape index (κ1) is 14.4. The maximum absolute atomic E-state index is 12.8. The lowest BCUT2D eigenvalue weighted by molar-refractivity contribution is -0.134. The van der Waals surface area contributed by atoms with E-state index in [0.717, 1.165) is 18.9 Å². The molecule has 20 heavy (non-hydrogen) atoms. The van der Waals surface area contributed by atoms with Crippen molar-refractivity contribution in [3.05, 3.63) is 0 Å². The molecule has 0 aromatic carbocycles. The van der Waals surface area contributed by atoms with Crippen molar-refractivity contribution in [3.63, 3.8) is 0 Å². The van der Waals surface area contributed by atoms with Crippen LogP contribution in [-0.2, 0) is 4.79 Å². The Labute approximate surface area is 123 Å². The minimum absolute atomic E-state index is 0.0993. The molecular formula is C17H30N2O. The molecule has 2 unspecified atom stereocenters. The van der Waals surface area contributed by atoms with Gasteiger partial charge in [0.05, 0.1) is 0 Å². The van der Waals surface area contributed by atoms with Crippen molar-refractivity contribution in [1.82, 2.24) is 10.2 Å². The Balaban J connectivity index is 1.63. The molecular weight excluding hydrogens is 248 g/mol. The van der Waals surface area contributed by atoms with Gasteiger partial charge in [0.25, 0.3) is 0 Å². The Kier molecular flexibility index (Phi) is 4.34. The van der Waals surface area contributed by atoms with Gasteiger partial charge in [-0.05, 0) is 45.1 Å². The lowest BCUT2D eigenvalue weighted by Crippen LogP contribution is -2.50. The van der Waals surface area contributed by atoms with Gasteiger partial charge in [0.2, 0.25) is 5.91 Å². The fourth-order valence-corrected chi connectivity index (χ4v) is 4.85. The number of hydrogen-bond acceptors (Lipinski definition) is 2. The number of carbonyl (C=O) groups is 1. The van der Waals surface area contributed by atoms with E-state index in [-0.39, 0.29) is 5.54 Å². The highest BCUT2D eigenvalue weighted by molar-refractivity contribution is 5.78. The van der Waals surface area contributed by atoms with Crippen molar-refractivity contribution in [2.75, 3.05) is 13.6 Å². The second kappa shape index (κ2) is 6.05. The van der Waals surface area contributed by atoms with Gasteiger partial charge in [0.1, 0.15) is 0 Å². The van der Waals surface area contributed by atoms with Gasteiger partial charge in [-0.25, -0.2) is 0 Å². The van der Waals surface area contributed by atoms with Crippen molar-refractivity contribution in [2.24, 2.45) is 5.92 Å². The fraction of sp³-hybridized carbons (Fsp3) is 0.941. The largest absolute Gasteiger partial charge is 0.339 e. The normalized spacial score (nSPS) is 33.0. The average molecular weight is 278 g/mol. The molecule has 3 heteroatoms. The van der Waals surface area contributed by atoms with Crippen LogP contribution in [0.4, 0.5) is 0 Å². The van der Waals surface area contributed by atoms with Gasteiger partial charge < -0.3 is 10.2 Å². The van der Waals surface area contributed by atoms with E-state index < -0.39 is 0 Å². The molecule has 3 nitrogen and oxygen atoms in total. The molecule has 3 fully saturated rings. The van der Waals surface area contributed by atoms with Crippen LogP contribution in [0.15, 0.2) is 0 Å². The van der Waals surface area contributed by atoms with E-state index in [1.165, 1.54) is 64.2 Å². The standard InChI is InChI=1S/C17H30N2O/c1-18-17(10-5-2-6-11-17)13-16(20)19-12-9-14-7-3-4-8-15(14)19/h14-15,18H,2-13H2,1H3. The number of likely N-dealkylation sites (tertiary alicyclic amines) is 1.